The quantitative estimate of drug-likeness (QED) is 0.649. The Morgan fingerprint density at radius 3 is 3.17 bits per heavy atom. The molecule has 1 fully saturated rings. The van der Waals surface area contributed by atoms with Crippen LogP contribution in [0.3, 0.4) is 0 Å². The Kier molecular flexibility index (Phi) is 2.54. The van der Waals surface area contributed by atoms with E-state index >= 15 is 0 Å². The van der Waals surface area contributed by atoms with Gasteiger partial charge in [0.25, 0.3) is 0 Å². The fraction of sp³-hybridized carbons (Fsp3) is 0.556. The molecule has 0 aromatic heterocycles. The second-order valence-electron chi connectivity index (χ2n) is 2.91. The van der Waals surface area contributed by atoms with Crippen molar-refractivity contribution in [2.75, 3.05) is 18.8 Å². The third-order valence-electron chi connectivity index (χ3n) is 2.03. The predicted octanol–water partition coefficient (Wildman–Crippen LogP) is 1.59. The first-order valence-corrected chi connectivity index (χ1v) is 5.40. The van der Waals surface area contributed by atoms with E-state index in [4.69, 9.17) is 9.47 Å². The first kappa shape index (κ1) is 8.35. The van der Waals surface area contributed by atoms with Gasteiger partial charge in [-0.05, 0) is 17.9 Å². The van der Waals surface area contributed by atoms with Gasteiger partial charge in [-0.3, -0.25) is 0 Å². The Morgan fingerprint density at radius 1 is 1.50 bits per heavy atom. The van der Waals surface area contributed by atoms with Crippen LogP contribution in [0.25, 0.3) is 0 Å². The fourth-order valence-corrected chi connectivity index (χ4v) is 1.97. The van der Waals surface area contributed by atoms with Crippen molar-refractivity contribution in [3.05, 3.63) is 23.8 Å². The van der Waals surface area contributed by atoms with Crippen molar-refractivity contribution in [3.63, 3.8) is 0 Å². The van der Waals surface area contributed by atoms with E-state index in [1.165, 1.54) is 5.57 Å². The van der Waals surface area contributed by atoms with E-state index in [9.17, 15) is 0 Å². The van der Waals surface area contributed by atoms with Gasteiger partial charge in [-0.2, -0.15) is 11.8 Å². The summed E-state index contributed by atoms with van der Waals surface area (Å²) in [4.78, 5) is 0. The second-order valence-corrected chi connectivity index (χ2v) is 3.78. The zero-order valence-corrected chi connectivity index (χ0v) is 7.84. The maximum absolute atomic E-state index is 5.37. The van der Waals surface area contributed by atoms with E-state index in [-0.39, 0.29) is 12.2 Å². The van der Waals surface area contributed by atoms with Gasteiger partial charge in [0.2, 0.25) is 0 Å². The summed E-state index contributed by atoms with van der Waals surface area (Å²) in [5.74, 6) is 1.06. The third-order valence-corrected chi connectivity index (χ3v) is 2.66. The van der Waals surface area contributed by atoms with Crippen LogP contribution in [0, 0.1) is 0 Å². The highest BCUT2D eigenvalue weighted by atomic mass is 32.2. The minimum absolute atomic E-state index is 0.163. The molecule has 2 rings (SSSR count). The molecule has 0 saturated carbocycles. The Hall–Kier alpha value is -0.250. The summed E-state index contributed by atoms with van der Waals surface area (Å²) in [6.07, 6.45) is 8.81. The molecule has 1 heterocycles. The molecule has 3 heteroatoms. The van der Waals surface area contributed by atoms with Crippen LogP contribution in [0.5, 0.6) is 0 Å². The maximum Gasteiger partial charge on any atom is 0.148 e. The zero-order valence-electron chi connectivity index (χ0n) is 7.03. The monoisotopic (exact) mass is 184 g/mol. The summed E-state index contributed by atoms with van der Waals surface area (Å²) in [7, 11) is 0. The van der Waals surface area contributed by atoms with Gasteiger partial charge in [0, 0.05) is 5.75 Å². The number of thioether (sulfide) groups is 1. The Bertz CT molecular complexity index is 223. The van der Waals surface area contributed by atoms with Crippen molar-refractivity contribution in [2.45, 2.75) is 12.2 Å². The van der Waals surface area contributed by atoms with Crippen molar-refractivity contribution >= 4 is 11.8 Å². The lowest BCUT2D eigenvalue weighted by atomic mass is 10.0. The molecule has 0 bridgehead atoms. The van der Waals surface area contributed by atoms with Crippen LogP contribution in [-0.4, -0.2) is 31.0 Å². The van der Waals surface area contributed by atoms with Crippen LogP contribution in [-0.2, 0) is 9.47 Å². The largest absolute Gasteiger partial charge is 0.345 e. The molecule has 2 aliphatic rings. The fourth-order valence-electron chi connectivity index (χ4n) is 1.44. The predicted molar refractivity (Wildman–Crippen MR) is 50.2 cm³/mol. The van der Waals surface area contributed by atoms with Gasteiger partial charge in [0.15, 0.2) is 0 Å². The molecule has 2 atom stereocenters. The van der Waals surface area contributed by atoms with Crippen molar-refractivity contribution in [1.82, 2.24) is 0 Å². The van der Waals surface area contributed by atoms with Gasteiger partial charge in [-0.15, -0.1) is 0 Å². The molecule has 2 nitrogen and oxygen atoms in total. The van der Waals surface area contributed by atoms with Crippen LogP contribution in [0.1, 0.15) is 0 Å². The molecule has 0 spiro atoms. The van der Waals surface area contributed by atoms with E-state index in [1.54, 1.807) is 0 Å². The van der Waals surface area contributed by atoms with Gasteiger partial charge >= 0.3 is 0 Å². The minimum Gasteiger partial charge on any atom is -0.345 e. The van der Waals surface area contributed by atoms with Crippen LogP contribution in [0.2, 0.25) is 0 Å². The van der Waals surface area contributed by atoms with Crippen LogP contribution < -0.4 is 0 Å². The Morgan fingerprint density at radius 2 is 2.33 bits per heavy atom. The summed E-state index contributed by atoms with van der Waals surface area (Å²) in [6, 6.07) is 0. The molecule has 2 unspecified atom stereocenters. The molecule has 0 aromatic carbocycles. The number of allylic oxidation sites excluding steroid dienone is 1. The SMILES string of the molecule is CSCC1=CC2OCOC2C=C1. The Balaban J connectivity index is 2.05. The van der Waals surface area contributed by atoms with E-state index in [0.29, 0.717) is 6.79 Å². The van der Waals surface area contributed by atoms with Gasteiger partial charge in [0.05, 0.1) is 0 Å². The average Bonchev–Trinajstić information content (AvgIpc) is 2.51. The normalized spacial score (nSPS) is 33.2. The molecule has 66 valence electrons. The number of hydrogen-bond donors (Lipinski definition) is 0. The lowest BCUT2D eigenvalue weighted by Gasteiger charge is -2.15. The maximum atomic E-state index is 5.37. The molecular weight excluding hydrogens is 172 g/mol. The molecule has 0 radical (unpaired) electrons. The lowest BCUT2D eigenvalue weighted by molar-refractivity contribution is 0.0503. The molecule has 1 saturated heterocycles. The lowest BCUT2D eigenvalue weighted by Crippen LogP contribution is -2.21. The summed E-state index contributed by atoms with van der Waals surface area (Å²) in [5, 5.41) is 0. The highest BCUT2D eigenvalue weighted by molar-refractivity contribution is 7.98. The van der Waals surface area contributed by atoms with Gasteiger partial charge in [-0.25, -0.2) is 0 Å². The van der Waals surface area contributed by atoms with E-state index < -0.39 is 0 Å². The second kappa shape index (κ2) is 3.64. The van der Waals surface area contributed by atoms with Crippen molar-refractivity contribution < 1.29 is 9.47 Å². The zero-order chi connectivity index (χ0) is 8.39. The molecule has 0 N–H and O–H groups in total. The van der Waals surface area contributed by atoms with E-state index in [1.807, 2.05) is 11.8 Å². The summed E-state index contributed by atoms with van der Waals surface area (Å²) in [6.45, 7) is 0.433. The van der Waals surface area contributed by atoms with Gasteiger partial charge < -0.3 is 9.47 Å². The van der Waals surface area contributed by atoms with Crippen LogP contribution in [0.15, 0.2) is 23.8 Å². The molecule has 1 aliphatic carbocycles. The number of hydrogen-bond acceptors (Lipinski definition) is 3. The van der Waals surface area contributed by atoms with E-state index in [0.717, 1.165) is 5.75 Å². The third kappa shape index (κ3) is 1.58. The Labute approximate surface area is 76.6 Å². The number of fused-ring (bicyclic) bond motifs is 1. The smallest absolute Gasteiger partial charge is 0.148 e. The highest BCUT2D eigenvalue weighted by Gasteiger charge is 2.27. The first-order valence-electron chi connectivity index (χ1n) is 4.01. The van der Waals surface area contributed by atoms with Crippen molar-refractivity contribution in [3.8, 4) is 0 Å². The van der Waals surface area contributed by atoms with Crippen molar-refractivity contribution in [2.24, 2.45) is 0 Å². The van der Waals surface area contributed by atoms with Crippen LogP contribution in [0.4, 0.5) is 0 Å². The van der Waals surface area contributed by atoms with Crippen LogP contribution >= 0.6 is 11.8 Å². The number of rotatable bonds is 2. The van der Waals surface area contributed by atoms with Gasteiger partial charge in [-0.1, -0.05) is 12.2 Å². The minimum atomic E-state index is 0.163. The average molecular weight is 184 g/mol. The highest BCUT2D eigenvalue weighted by Crippen LogP contribution is 2.23. The summed E-state index contributed by atoms with van der Waals surface area (Å²) < 4.78 is 10.7. The summed E-state index contributed by atoms with van der Waals surface area (Å²) in [5.41, 5.74) is 1.34. The molecule has 1 aliphatic heterocycles. The molecule has 12 heavy (non-hydrogen) atoms. The summed E-state index contributed by atoms with van der Waals surface area (Å²) >= 11 is 1.83. The standard InChI is InChI=1S/C9H12O2S/c1-12-5-7-2-3-8-9(4-7)11-6-10-8/h2-4,8-9H,5-6H2,1H3. The van der Waals surface area contributed by atoms with Gasteiger partial charge in [0.1, 0.15) is 19.0 Å². The topological polar surface area (TPSA) is 18.5 Å². The molecule has 0 amide bonds. The number of ether oxygens (including phenoxy) is 2. The van der Waals surface area contributed by atoms with Crippen molar-refractivity contribution in [1.29, 1.82) is 0 Å². The molecular formula is C9H12O2S. The first-order chi connectivity index (χ1) is 5.90. The molecule has 0 aromatic rings. The van der Waals surface area contributed by atoms with E-state index in [2.05, 4.69) is 24.5 Å².